The zero-order valence-electron chi connectivity index (χ0n) is 30.0. The molecule has 1 atom stereocenters. The molecule has 2 spiro atoms. The maximum absolute atomic E-state index is 16.5. The fourth-order valence-corrected chi connectivity index (χ4v) is 9.28. The Hall–Kier alpha value is -5.01. The van der Waals surface area contributed by atoms with Gasteiger partial charge in [-0.25, -0.2) is 18.7 Å². The normalized spacial score (nSPS) is 21.2. The molecule has 0 saturated carbocycles. The number of nitrogens with zero attached hydrogens (tertiary/aromatic N) is 6. The van der Waals surface area contributed by atoms with E-state index in [-0.39, 0.29) is 62.6 Å². The average molecular weight is 722 g/mol. The molecule has 4 aliphatic heterocycles. The molecule has 6 heterocycles. The smallest absolute Gasteiger partial charge is 0.237 e. The quantitative estimate of drug-likeness (QED) is 0.275. The number of hydrogen-bond donors (Lipinski definition) is 1. The van der Waals surface area contributed by atoms with Crippen molar-refractivity contribution < 1.29 is 27.8 Å². The SMILES string of the molecule is COc1nc(-c2cccc(-c3cccc(-c4cc5c(c(OC)n4)[C@@H](N4CC6(CN(C(C)=O)C6)C4)CC5)c3F)c2F)cnc1CN1CC2(CCC(=O)N2)C1. The number of likely N-dealkylation sites (tertiary alicyclic amines) is 3. The summed E-state index contributed by atoms with van der Waals surface area (Å²) in [4.78, 5) is 44.0. The molecule has 4 aromatic rings. The highest BCUT2D eigenvalue weighted by atomic mass is 19.1. The van der Waals surface area contributed by atoms with Crippen molar-refractivity contribution in [2.45, 2.75) is 50.7 Å². The van der Waals surface area contributed by atoms with E-state index >= 15 is 8.78 Å². The van der Waals surface area contributed by atoms with Crippen LogP contribution in [0.2, 0.25) is 0 Å². The van der Waals surface area contributed by atoms with Crippen LogP contribution in [0, 0.1) is 17.0 Å². The summed E-state index contributed by atoms with van der Waals surface area (Å²) < 4.78 is 44.3. The number of aromatic nitrogens is 3. The second-order valence-electron chi connectivity index (χ2n) is 15.4. The minimum atomic E-state index is -0.623. The van der Waals surface area contributed by atoms with E-state index in [1.165, 1.54) is 13.3 Å². The predicted molar refractivity (Wildman–Crippen MR) is 192 cm³/mol. The van der Waals surface area contributed by atoms with E-state index in [1.54, 1.807) is 50.4 Å². The van der Waals surface area contributed by atoms with Crippen molar-refractivity contribution in [3.05, 3.63) is 77.1 Å². The van der Waals surface area contributed by atoms with Gasteiger partial charge in [-0.15, -0.1) is 0 Å². The van der Waals surface area contributed by atoms with Gasteiger partial charge in [0.1, 0.15) is 17.3 Å². The number of carbonyl (C=O) groups is 2. The summed E-state index contributed by atoms with van der Waals surface area (Å²) in [5.74, 6) is -0.227. The van der Waals surface area contributed by atoms with Gasteiger partial charge in [-0.2, -0.15) is 0 Å². The van der Waals surface area contributed by atoms with E-state index in [4.69, 9.17) is 14.5 Å². The number of pyridine rings is 1. The molecule has 2 aromatic heterocycles. The molecule has 0 bridgehead atoms. The third-order valence-electron chi connectivity index (χ3n) is 11.8. The van der Waals surface area contributed by atoms with Crippen LogP contribution in [0.5, 0.6) is 11.8 Å². The van der Waals surface area contributed by atoms with Crippen LogP contribution in [-0.4, -0.2) is 100 Å². The number of rotatable bonds is 8. The number of methoxy groups -OCH3 is 2. The fourth-order valence-electron chi connectivity index (χ4n) is 9.28. The molecule has 13 heteroatoms. The number of carbonyl (C=O) groups excluding carboxylic acids is 2. The van der Waals surface area contributed by atoms with Crippen molar-refractivity contribution in [2.24, 2.45) is 5.41 Å². The standard InChI is InChI=1S/C40H41F2N7O4/c1-23(50)48-17-39(18-48)19-49(20-39)32-11-10-24-14-29(44-38(53-3)34(24)32)27-8-4-6-25(35(27)41)26-7-5-9-28(36(26)42)30-15-43-31(37(45-30)52-2)16-47-21-40(22-47)13-12-33(51)46-40/h4-9,14-15,32H,10-13,16-22H2,1-3H3,(H,46,51)/t32-/m0/s1. The minimum absolute atomic E-state index is 0.0886. The first-order chi connectivity index (χ1) is 25.6. The number of benzene rings is 2. The van der Waals surface area contributed by atoms with Gasteiger partial charge in [0.15, 0.2) is 0 Å². The molecular formula is C40H41F2N7O4. The van der Waals surface area contributed by atoms with E-state index < -0.39 is 11.6 Å². The predicted octanol–water partition coefficient (Wildman–Crippen LogP) is 4.78. The van der Waals surface area contributed by atoms with Crippen molar-refractivity contribution >= 4 is 11.8 Å². The van der Waals surface area contributed by atoms with Gasteiger partial charge in [0, 0.05) is 98.4 Å². The Morgan fingerprint density at radius 2 is 1.53 bits per heavy atom. The lowest BCUT2D eigenvalue weighted by atomic mass is 9.72. The highest BCUT2D eigenvalue weighted by molar-refractivity contribution is 5.80. The van der Waals surface area contributed by atoms with E-state index in [0.717, 1.165) is 69.7 Å². The number of halogens is 2. The lowest BCUT2D eigenvalue weighted by molar-refractivity contribution is -0.161. The van der Waals surface area contributed by atoms with Crippen LogP contribution in [0.4, 0.5) is 8.78 Å². The van der Waals surface area contributed by atoms with Crippen molar-refractivity contribution in [1.29, 1.82) is 0 Å². The maximum atomic E-state index is 16.5. The van der Waals surface area contributed by atoms with E-state index in [9.17, 15) is 9.59 Å². The fraction of sp³-hybridized carbons (Fsp3) is 0.425. The number of hydrogen-bond acceptors (Lipinski definition) is 9. The summed E-state index contributed by atoms with van der Waals surface area (Å²) >= 11 is 0. The number of nitrogens with one attached hydrogen (secondary N) is 1. The molecule has 4 fully saturated rings. The largest absolute Gasteiger partial charge is 0.481 e. The first-order valence-electron chi connectivity index (χ1n) is 18.2. The van der Waals surface area contributed by atoms with Crippen LogP contribution < -0.4 is 14.8 Å². The van der Waals surface area contributed by atoms with Gasteiger partial charge in [0.2, 0.25) is 23.6 Å². The molecule has 1 N–H and O–H groups in total. The monoisotopic (exact) mass is 721 g/mol. The molecular weight excluding hydrogens is 680 g/mol. The average Bonchev–Trinajstić information content (AvgIpc) is 3.71. The zero-order chi connectivity index (χ0) is 36.6. The van der Waals surface area contributed by atoms with Gasteiger partial charge < -0.3 is 19.7 Å². The lowest BCUT2D eigenvalue weighted by Gasteiger charge is -2.61. The Bertz CT molecular complexity index is 2160. The van der Waals surface area contributed by atoms with Crippen LogP contribution >= 0.6 is 0 Å². The molecule has 274 valence electrons. The van der Waals surface area contributed by atoms with Crippen molar-refractivity contribution in [3.63, 3.8) is 0 Å². The molecule has 9 rings (SSSR count). The molecule has 4 saturated heterocycles. The van der Waals surface area contributed by atoms with Crippen LogP contribution in [0.15, 0.2) is 48.7 Å². The van der Waals surface area contributed by atoms with Crippen molar-refractivity contribution in [3.8, 4) is 45.4 Å². The summed E-state index contributed by atoms with van der Waals surface area (Å²) in [6.45, 7) is 7.02. The van der Waals surface area contributed by atoms with Gasteiger partial charge in [-0.1, -0.05) is 24.3 Å². The second kappa shape index (κ2) is 12.6. The molecule has 2 aromatic carbocycles. The summed E-state index contributed by atoms with van der Waals surface area (Å²) in [5.41, 5.74) is 4.09. The highest BCUT2D eigenvalue weighted by Gasteiger charge is 2.55. The van der Waals surface area contributed by atoms with E-state index in [1.807, 2.05) is 11.0 Å². The van der Waals surface area contributed by atoms with Crippen LogP contribution in [0.25, 0.3) is 33.6 Å². The third-order valence-corrected chi connectivity index (χ3v) is 11.8. The molecule has 0 radical (unpaired) electrons. The minimum Gasteiger partial charge on any atom is -0.481 e. The van der Waals surface area contributed by atoms with Crippen LogP contribution in [0.3, 0.4) is 0 Å². The Morgan fingerprint density at radius 1 is 0.887 bits per heavy atom. The van der Waals surface area contributed by atoms with Crippen molar-refractivity contribution in [1.82, 2.24) is 35.0 Å². The summed E-state index contributed by atoms with van der Waals surface area (Å²) in [7, 11) is 3.09. The Labute approximate surface area is 306 Å². The molecule has 11 nitrogen and oxygen atoms in total. The number of aryl methyl sites for hydroxylation is 1. The summed E-state index contributed by atoms with van der Waals surface area (Å²) in [5, 5.41) is 3.08. The number of amides is 2. The van der Waals surface area contributed by atoms with Crippen molar-refractivity contribution in [2.75, 3.05) is 53.5 Å². The van der Waals surface area contributed by atoms with Gasteiger partial charge in [0.25, 0.3) is 0 Å². The van der Waals surface area contributed by atoms with Gasteiger partial charge in [0.05, 0.1) is 37.3 Å². The second-order valence-corrected chi connectivity index (χ2v) is 15.4. The summed E-state index contributed by atoms with van der Waals surface area (Å²) in [6, 6.07) is 11.9. The topological polar surface area (TPSA) is 113 Å². The lowest BCUT2D eigenvalue weighted by Crippen LogP contribution is -2.72. The van der Waals surface area contributed by atoms with Gasteiger partial charge >= 0.3 is 0 Å². The van der Waals surface area contributed by atoms with Crippen LogP contribution in [0.1, 0.15) is 49.0 Å². The Morgan fingerprint density at radius 3 is 2.15 bits per heavy atom. The first-order valence-corrected chi connectivity index (χ1v) is 18.2. The first kappa shape index (κ1) is 33.8. The van der Waals surface area contributed by atoms with E-state index in [0.29, 0.717) is 30.2 Å². The Kier molecular flexibility index (Phi) is 8.00. The molecule has 5 aliphatic rings. The highest BCUT2D eigenvalue weighted by Crippen LogP contribution is 2.50. The molecule has 0 unspecified atom stereocenters. The van der Waals surface area contributed by atoms with Gasteiger partial charge in [-0.3, -0.25) is 24.4 Å². The van der Waals surface area contributed by atoms with Crippen LogP contribution in [-0.2, 0) is 22.6 Å². The Balaban J connectivity index is 0.958. The zero-order valence-corrected chi connectivity index (χ0v) is 30.0. The van der Waals surface area contributed by atoms with Gasteiger partial charge in [-0.05, 0) is 43.0 Å². The molecule has 53 heavy (non-hydrogen) atoms. The summed E-state index contributed by atoms with van der Waals surface area (Å²) in [6.07, 6.45) is 4.62. The molecule has 2 amide bonds. The molecule has 1 aliphatic carbocycles. The number of ether oxygens (including phenoxy) is 2. The third kappa shape index (κ3) is 5.63. The maximum Gasteiger partial charge on any atom is 0.237 e. The number of fused-ring (bicyclic) bond motifs is 1. The van der Waals surface area contributed by atoms with E-state index in [2.05, 4.69) is 25.1 Å².